The SMILES string of the molecule is Cc1ccc(C(=O)CN2CCS(=O)(=O)CC2)s1. The summed E-state index contributed by atoms with van der Waals surface area (Å²) in [5, 5.41) is 0. The summed E-state index contributed by atoms with van der Waals surface area (Å²) in [6, 6.07) is 3.77. The summed E-state index contributed by atoms with van der Waals surface area (Å²) in [5.41, 5.74) is 0. The van der Waals surface area contributed by atoms with Crippen molar-refractivity contribution in [2.45, 2.75) is 6.92 Å². The largest absolute Gasteiger partial charge is 0.294 e. The lowest BCUT2D eigenvalue weighted by Gasteiger charge is -2.25. The maximum absolute atomic E-state index is 11.9. The third-order valence-corrected chi connectivity index (χ3v) is 5.47. The van der Waals surface area contributed by atoms with E-state index in [0.29, 0.717) is 19.6 Å². The summed E-state index contributed by atoms with van der Waals surface area (Å²) in [7, 11) is -2.86. The predicted octanol–water partition coefficient (Wildman–Crippen LogP) is 0.970. The van der Waals surface area contributed by atoms with E-state index >= 15 is 0 Å². The van der Waals surface area contributed by atoms with Crippen LogP contribution in [0.2, 0.25) is 0 Å². The fourth-order valence-electron chi connectivity index (χ4n) is 1.77. The Kier molecular flexibility index (Phi) is 3.65. The molecule has 0 N–H and O–H groups in total. The molecule has 0 bridgehead atoms. The first-order valence-electron chi connectivity index (χ1n) is 5.49. The topological polar surface area (TPSA) is 54.5 Å². The highest BCUT2D eigenvalue weighted by molar-refractivity contribution is 7.91. The van der Waals surface area contributed by atoms with Gasteiger partial charge in [-0.15, -0.1) is 11.3 Å². The molecular weight excluding hydrogens is 258 g/mol. The average molecular weight is 273 g/mol. The van der Waals surface area contributed by atoms with Crippen LogP contribution < -0.4 is 0 Å². The molecule has 1 aromatic heterocycles. The third kappa shape index (κ3) is 3.37. The molecule has 1 saturated heterocycles. The minimum Gasteiger partial charge on any atom is -0.294 e. The first-order chi connectivity index (χ1) is 7.96. The summed E-state index contributed by atoms with van der Waals surface area (Å²) in [6.07, 6.45) is 0. The van der Waals surface area contributed by atoms with Crippen LogP contribution in [0.15, 0.2) is 12.1 Å². The highest BCUT2D eigenvalue weighted by atomic mass is 32.2. The zero-order valence-electron chi connectivity index (χ0n) is 9.68. The molecule has 4 nitrogen and oxygen atoms in total. The number of ketones is 1. The summed E-state index contributed by atoms with van der Waals surface area (Å²) >= 11 is 1.49. The molecule has 1 aliphatic rings. The third-order valence-electron chi connectivity index (χ3n) is 2.82. The van der Waals surface area contributed by atoms with E-state index in [9.17, 15) is 13.2 Å². The second kappa shape index (κ2) is 4.88. The van der Waals surface area contributed by atoms with Crippen molar-refractivity contribution in [3.05, 3.63) is 21.9 Å². The molecule has 0 aliphatic carbocycles. The Morgan fingerprint density at radius 3 is 2.53 bits per heavy atom. The maximum atomic E-state index is 11.9. The smallest absolute Gasteiger partial charge is 0.186 e. The second-order valence-corrected chi connectivity index (χ2v) is 7.85. The molecule has 17 heavy (non-hydrogen) atoms. The standard InChI is InChI=1S/C11H15NO3S2/c1-9-2-3-11(16-9)10(13)8-12-4-6-17(14,15)7-5-12/h2-3H,4-8H2,1H3. The minimum absolute atomic E-state index is 0.0856. The van der Waals surface area contributed by atoms with Crippen LogP contribution in [0, 0.1) is 6.92 Å². The van der Waals surface area contributed by atoms with Crippen LogP contribution in [-0.2, 0) is 9.84 Å². The van der Waals surface area contributed by atoms with Gasteiger partial charge in [0.1, 0.15) is 0 Å². The van der Waals surface area contributed by atoms with Crippen molar-refractivity contribution in [1.29, 1.82) is 0 Å². The van der Waals surface area contributed by atoms with E-state index < -0.39 is 9.84 Å². The summed E-state index contributed by atoms with van der Waals surface area (Å²) in [5.74, 6) is 0.426. The monoisotopic (exact) mass is 273 g/mol. The second-order valence-electron chi connectivity index (χ2n) is 4.26. The molecule has 6 heteroatoms. The van der Waals surface area contributed by atoms with Crippen molar-refractivity contribution in [3.8, 4) is 0 Å². The Morgan fingerprint density at radius 1 is 1.35 bits per heavy atom. The van der Waals surface area contributed by atoms with Crippen LogP contribution >= 0.6 is 11.3 Å². The fourth-order valence-corrected chi connectivity index (χ4v) is 3.85. The van der Waals surface area contributed by atoms with E-state index in [1.54, 1.807) is 0 Å². The summed E-state index contributed by atoms with van der Waals surface area (Å²) < 4.78 is 22.5. The van der Waals surface area contributed by atoms with Crippen LogP contribution in [0.5, 0.6) is 0 Å². The van der Waals surface area contributed by atoms with Gasteiger partial charge >= 0.3 is 0 Å². The first kappa shape index (κ1) is 12.7. The van der Waals surface area contributed by atoms with Crippen molar-refractivity contribution in [1.82, 2.24) is 4.90 Å². The van der Waals surface area contributed by atoms with Gasteiger partial charge in [-0.1, -0.05) is 0 Å². The Balaban J connectivity index is 1.92. The highest BCUT2D eigenvalue weighted by Crippen LogP contribution is 2.16. The lowest BCUT2D eigenvalue weighted by molar-refractivity contribution is 0.0940. The van der Waals surface area contributed by atoms with Crippen LogP contribution in [0.3, 0.4) is 0 Å². The van der Waals surface area contributed by atoms with Gasteiger partial charge in [0.2, 0.25) is 0 Å². The van der Waals surface area contributed by atoms with Gasteiger partial charge in [-0.3, -0.25) is 9.69 Å². The van der Waals surface area contributed by atoms with E-state index in [-0.39, 0.29) is 17.3 Å². The number of rotatable bonds is 3. The molecule has 1 aromatic rings. The maximum Gasteiger partial charge on any atom is 0.186 e. The van der Waals surface area contributed by atoms with Gasteiger partial charge in [-0.25, -0.2) is 8.42 Å². The lowest BCUT2D eigenvalue weighted by Crippen LogP contribution is -2.42. The number of Topliss-reactive ketones (excluding diaryl/α,β-unsaturated/α-hetero) is 1. The van der Waals surface area contributed by atoms with Crippen molar-refractivity contribution in [3.63, 3.8) is 0 Å². The average Bonchev–Trinajstić information content (AvgIpc) is 2.68. The van der Waals surface area contributed by atoms with Gasteiger partial charge < -0.3 is 0 Å². The van der Waals surface area contributed by atoms with E-state index in [1.165, 1.54) is 11.3 Å². The number of aryl methyl sites for hydroxylation is 1. The molecule has 2 heterocycles. The molecule has 2 rings (SSSR count). The first-order valence-corrected chi connectivity index (χ1v) is 8.12. The number of hydrogen-bond donors (Lipinski definition) is 0. The van der Waals surface area contributed by atoms with Gasteiger partial charge in [-0.2, -0.15) is 0 Å². The van der Waals surface area contributed by atoms with Crippen molar-refractivity contribution in [2.75, 3.05) is 31.1 Å². The Labute approximate surface area is 105 Å². The van der Waals surface area contributed by atoms with E-state index in [4.69, 9.17) is 0 Å². The predicted molar refractivity (Wildman–Crippen MR) is 68.5 cm³/mol. The van der Waals surface area contributed by atoms with Crippen LogP contribution in [0.4, 0.5) is 0 Å². The Morgan fingerprint density at radius 2 is 2.00 bits per heavy atom. The van der Waals surface area contributed by atoms with Crippen LogP contribution in [0.25, 0.3) is 0 Å². The van der Waals surface area contributed by atoms with Crippen molar-refractivity contribution < 1.29 is 13.2 Å². The number of carbonyl (C=O) groups is 1. The van der Waals surface area contributed by atoms with Crippen LogP contribution in [-0.4, -0.2) is 50.2 Å². The fraction of sp³-hybridized carbons (Fsp3) is 0.545. The van der Waals surface area contributed by atoms with Crippen molar-refractivity contribution >= 4 is 27.0 Å². The van der Waals surface area contributed by atoms with Gasteiger partial charge in [-0.05, 0) is 19.1 Å². The molecule has 0 radical (unpaired) electrons. The molecular formula is C11H15NO3S2. The number of thiophene rings is 1. The molecule has 0 unspecified atom stereocenters. The number of sulfone groups is 1. The molecule has 0 aromatic carbocycles. The normalized spacial score (nSPS) is 20.3. The number of hydrogen-bond acceptors (Lipinski definition) is 5. The molecule has 0 saturated carbocycles. The number of carbonyl (C=O) groups excluding carboxylic acids is 1. The van der Waals surface area contributed by atoms with Crippen molar-refractivity contribution in [2.24, 2.45) is 0 Å². The molecule has 94 valence electrons. The van der Waals surface area contributed by atoms with Gasteiger partial charge in [0.25, 0.3) is 0 Å². The molecule has 0 amide bonds. The van der Waals surface area contributed by atoms with Crippen LogP contribution in [0.1, 0.15) is 14.5 Å². The molecule has 1 aliphatic heterocycles. The lowest BCUT2D eigenvalue weighted by atomic mass is 10.3. The van der Waals surface area contributed by atoms with E-state index in [0.717, 1.165) is 9.75 Å². The minimum atomic E-state index is -2.86. The molecule has 1 fully saturated rings. The Hall–Kier alpha value is -0.720. The summed E-state index contributed by atoms with van der Waals surface area (Å²) in [6.45, 7) is 3.24. The van der Waals surface area contributed by atoms with E-state index in [2.05, 4.69) is 0 Å². The highest BCUT2D eigenvalue weighted by Gasteiger charge is 2.23. The summed E-state index contributed by atoms with van der Waals surface area (Å²) in [4.78, 5) is 15.7. The Bertz CT molecular complexity index is 505. The zero-order valence-corrected chi connectivity index (χ0v) is 11.3. The van der Waals surface area contributed by atoms with Gasteiger partial charge in [0.15, 0.2) is 15.6 Å². The zero-order chi connectivity index (χ0) is 12.5. The van der Waals surface area contributed by atoms with Gasteiger partial charge in [0, 0.05) is 18.0 Å². The quantitative estimate of drug-likeness (QED) is 0.770. The number of nitrogens with zero attached hydrogens (tertiary/aromatic N) is 1. The van der Waals surface area contributed by atoms with E-state index in [1.807, 2.05) is 24.0 Å². The molecule has 0 atom stereocenters. The molecule has 0 spiro atoms. The van der Waals surface area contributed by atoms with Gasteiger partial charge in [0.05, 0.1) is 22.9 Å².